The Morgan fingerprint density at radius 2 is 1.83 bits per heavy atom. The van der Waals surface area contributed by atoms with E-state index in [9.17, 15) is 14.7 Å². The van der Waals surface area contributed by atoms with Gasteiger partial charge in [-0.1, -0.05) is 44.2 Å². The lowest BCUT2D eigenvalue weighted by Crippen LogP contribution is -2.68. The predicted molar refractivity (Wildman–Crippen MR) is 115 cm³/mol. The lowest BCUT2D eigenvalue weighted by Gasteiger charge is -2.55. The van der Waals surface area contributed by atoms with Crippen LogP contribution >= 0.6 is 0 Å². The van der Waals surface area contributed by atoms with E-state index in [0.717, 1.165) is 18.4 Å². The average molecular weight is 399 g/mol. The van der Waals surface area contributed by atoms with E-state index in [-0.39, 0.29) is 36.4 Å². The molecule has 1 heterocycles. The monoisotopic (exact) mass is 398 g/mol. The van der Waals surface area contributed by atoms with Crippen LogP contribution in [-0.2, 0) is 9.59 Å². The van der Waals surface area contributed by atoms with E-state index < -0.39 is 0 Å². The second-order valence-corrected chi connectivity index (χ2v) is 8.22. The number of aliphatic hydroxyl groups excluding tert-OH is 1. The molecule has 2 aliphatic rings. The fourth-order valence-electron chi connectivity index (χ4n) is 4.82. The molecule has 2 amide bonds. The van der Waals surface area contributed by atoms with Crippen molar-refractivity contribution in [3.8, 4) is 0 Å². The molecule has 5 heteroatoms. The Kier molecular flexibility index (Phi) is 7.12. The normalized spacial score (nSPS) is 23.9. The van der Waals surface area contributed by atoms with Crippen molar-refractivity contribution in [3.63, 3.8) is 0 Å². The van der Waals surface area contributed by atoms with Crippen LogP contribution in [0.25, 0.3) is 5.57 Å². The molecule has 1 aromatic rings. The van der Waals surface area contributed by atoms with E-state index in [1.54, 1.807) is 16.8 Å². The van der Waals surface area contributed by atoms with Crippen LogP contribution in [0.4, 0.5) is 0 Å². The molecule has 0 aromatic heterocycles. The van der Waals surface area contributed by atoms with Gasteiger partial charge in [0.25, 0.3) is 0 Å². The van der Waals surface area contributed by atoms with E-state index in [1.807, 2.05) is 13.8 Å². The Balaban J connectivity index is 1.84. The van der Waals surface area contributed by atoms with Crippen molar-refractivity contribution >= 4 is 17.4 Å². The van der Waals surface area contributed by atoms with Crippen molar-refractivity contribution in [1.82, 2.24) is 9.80 Å². The van der Waals surface area contributed by atoms with Gasteiger partial charge in [0.05, 0.1) is 18.7 Å². The highest BCUT2D eigenvalue weighted by Crippen LogP contribution is 2.42. The molecule has 0 radical (unpaired) electrons. The zero-order valence-electron chi connectivity index (χ0n) is 17.9. The SMILES string of the molecule is CCC(=O)N(C)C[C@H]1[C@@H](c2ccc(C3=CCCCC3)cc2)[C@@H](CO)N1C(=O)CC. The van der Waals surface area contributed by atoms with Crippen molar-refractivity contribution in [1.29, 1.82) is 0 Å². The molecule has 0 unspecified atom stereocenters. The minimum atomic E-state index is -0.225. The second kappa shape index (κ2) is 9.57. The fraction of sp³-hybridized carbons (Fsp3) is 0.583. The highest BCUT2D eigenvalue weighted by Gasteiger charge is 2.51. The van der Waals surface area contributed by atoms with Gasteiger partial charge in [-0.2, -0.15) is 0 Å². The fourth-order valence-corrected chi connectivity index (χ4v) is 4.82. The van der Waals surface area contributed by atoms with Gasteiger partial charge in [-0.05, 0) is 42.4 Å². The van der Waals surface area contributed by atoms with Gasteiger partial charge in [0.2, 0.25) is 11.8 Å². The summed E-state index contributed by atoms with van der Waals surface area (Å²) in [6.07, 6.45) is 7.99. The van der Waals surface area contributed by atoms with Gasteiger partial charge in [-0.3, -0.25) is 9.59 Å². The Labute approximate surface area is 174 Å². The van der Waals surface area contributed by atoms with Crippen molar-refractivity contribution in [2.24, 2.45) is 0 Å². The molecule has 158 valence electrons. The number of amides is 2. The number of aliphatic hydroxyl groups is 1. The average Bonchev–Trinajstić information content (AvgIpc) is 2.76. The zero-order valence-corrected chi connectivity index (χ0v) is 17.9. The van der Waals surface area contributed by atoms with Gasteiger partial charge < -0.3 is 14.9 Å². The molecule has 1 aliphatic carbocycles. The number of hydrogen-bond acceptors (Lipinski definition) is 3. The first-order valence-corrected chi connectivity index (χ1v) is 11.0. The number of carbonyl (C=O) groups excluding carboxylic acids is 2. The molecule has 1 aliphatic heterocycles. The number of allylic oxidation sites excluding steroid dienone is 2. The minimum Gasteiger partial charge on any atom is -0.394 e. The maximum atomic E-state index is 12.5. The van der Waals surface area contributed by atoms with Crippen LogP contribution in [-0.4, -0.2) is 59.0 Å². The van der Waals surface area contributed by atoms with Gasteiger partial charge in [0.1, 0.15) is 0 Å². The molecule has 1 aromatic carbocycles. The molecular weight excluding hydrogens is 364 g/mol. The third kappa shape index (κ3) is 4.40. The third-order valence-corrected chi connectivity index (χ3v) is 6.47. The molecule has 1 fully saturated rings. The number of benzene rings is 1. The number of hydrogen-bond donors (Lipinski definition) is 1. The van der Waals surface area contributed by atoms with Crippen LogP contribution in [0, 0.1) is 0 Å². The lowest BCUT2D eigenvalue weighted by molar-refractivity contribution is -0.153. The quantitative estimate of drug-likeness (QED) is 0.764. The van der Waals surface area contributed by atoms with Crippen LogP contribution in [0.15, 0.2) is 30.3 Å². The highest BCUT2D eigenvalue weighted by molar-refractivity contribution is 5.79. The van der Waals surface area contributed by atoms with Crippen molar-refractivity contribution < 1.29 is 14.7 Å². The lowest BCUT2D eigenvalue weighted by atomic mass is 9.74. The Morgan fingerprint density at radius 1 is 1.10 bits per heavy atom. The van der Waals surface area contributed by atoms with Gasteiger partial charge in [-0.15, -0.1) is 0 Å². The van der Waals surface area contributed by atoms with E-state index in [0.29, 0.717) is 19.4 Å². The Morgan fingerprint density at radius 3 is 2.38 bits per heavy atom. The number of nitrogens with zero attached hydrogens (tertiary/aromatic N) is 2. The van der Waals surface area contributed by atoms with E-state index >= 15 is 0 Å². The molecule has 1 saturated heterocycles. The molecule has 0 spiro atoms. The summed E-state index contributed by atoms with van der Waals surface area (Å²) in [5.41, 5.74) is 3.82. The van der Waals surface area contributed by atoms with Crippen LogP contribution in [0.2, 0.25) is 0 Å². The van der Waals surface area contributed by atoms with Gasteiger partial charge in [0, 0.05) is 32.4 Å². The van der Waals surface area contributed by atoms with Gasteiger partial charge in [0.15, 0.2) is 0 Å². The number of likely N-dealkylation sites (tertiary alicyclic amines) is 1. The molecular formula is C24H34N2O3. The molecule has 5 nitrogen and oxygen atoms in total. The summed E-state index contributed by atoms with van der Waals surface area (Å²) >= 11 is 0. The van der Waals surface area contributed by atoms with Crippen LogP contribution < -0.4 is 0 Å². The van der Waals surface area contributed by atoms with E-state index in [2.05, 4.69) is 30.3 Å². The summed E-state index contributed by atoms with van der Waals surface area (Å²) < 4.78 is 0. The molecule has 1 N–H and O–H groups in total. The van der Waals surface area contributed by atoms with Crippen molar-refractivity contribution in [2.75, 3.05) is 20.2 Å². The Hall–Kier alpha value is -2.14. The van der Waals surface area contributed by atoms with Gasteiger partial charge >= 0.3 is 0 Å². The first-order chi connectivity index (χ1) is 14.0. The molecule has 3 atom stereocenters. The highest BCUT2D eigenvalue weighted by atomic mass is 16.3. The van der Waals surface area contributed by atoms with Gasteiger partial charge in [-0.25, -0.2) is 0 Å². The largest absolute Gasteiger partial charge is 0.394 e. The van der Waals surface area contributed by atoms with E-state index in [1.165, 1.54) is 24.0 Å². The van der Waals surface area contributed by atoms with Crippen LogP contribution in [0.5, 0.6) is 0 Å². The molecule has 3 rings (SSSR count). The molecule has 0 saturated carbocycles. The third-order valence-electron chi connectivity index (χ3n) is 6.47. The molecule has 0 bridgehead atoms. The maximum absolute atomic E-state index is 12.5. The smallest absolute Gasteiger partial charge is 0.222 e. The summed E-state index contributed by atoms with van der Waals surface area (Å²) in [7, 11) is 1.79. The summed E-state index contributed by atoms with van der Waals surface area (Å²) in [5, 5.41) is 10.0. The Bertz CT molecular complexity index is 756. The van der Waals surface area contributed by atoms with E-state index in [4.69, 9.17) is 0 Å². The maximum Gasteiger partial charge on any atom is 0.222 e. The number of likely N-dealkylation sites (N-methyl/N-ethyl adjacent to an activating group) is 1. The standard InChI is InChI=1S/C24H34N2O3/c1-4-22(28)25(3)15-20-24(21(16-27)26(20)23(29)5-2)19-13-11-18(12-14-19)17-9-7-6-8-10-17/h9,11-14,20-21,24,27H,4-8,10,15-16H2,1-3H3/t20-,21+,24+/m0/s1. The van der Waals surface area contributed by atoms with Crippen LogP contribution in [0.1, 0.15) is 69.4 Å². The minimum absolute atomic E-state index is 0.0339. The second-order valence-electron chi connectivity index (χ2n) is 8.22. The summed E-state index contributed by atoms with van der Waals surface area (Å²) in [6.45, 7) is 4.12. The number of carbonyl (C=O) groups is 2. The first kappa shape index (κ1) is 21.6. The molecule has 29 heavy (non-hydrogen) atoms. The van der Waals surface area contributed by atoms with Crippen molar-refractivity contribution in [2.45, 2.75) is 70.4 Å². The summed E-state index contributed by atoms with van der Waals surface area (Å²) in [6, 6.07) is 8.30. The zero-order chi connectivity index (χ0) is 21.0. The topological polar surface area (TPSA) is 60.9 Å². The first-order valence-electron chi connectivity index (χ1n) is 11.0. The van der Waals surface area contributed by atoms with Crippen molar-refractivity contribution in [3.05, 3.63) is 41.5 Å². The predicted octanol–water partition coefficient (Wildman–Crippen LogP) is 3.58. The summed E-state index contributed by atoms with van der Waals surface area (Å²) in [4.78, 5) is 28.2. The van der Waals surface area contributed by atoms with Crippen LogP contribution in [0.3, 0.4) is 0 Å². The summed E-state index contributed by atoms with van der Waals surface area (Å²) in [5.74, 6) is 0.142. The number of rotatable bonds is 7.